The van der Waals surface area contributed by atoms with Gasteiger partial charge in [0, 0.05) is 7.11 Å². The van der Waals surface area contributed by atoms with Crippen molar-refractivity contribution in [2.24, 2.45) is 11.7 Å². The van der Waals surface area contributed by atoms with Gasteiger partial charge in [-0.15, -0.1) is 0 Å². The molecule has 0 aromatic carbocycles. The third-order valence-corrected chi connectivity index (χ3v) is 1.47. The van der Waals surface area contributed by atoms with Crippen LogP contribution in [0, 0.1) is 5.92 Å². The Bertz CT molecular complexity index is 116. The highest BCUT2D eigenvalue weighted by atomic mass is 16.5. The predicted octanol–water partition coefficient (Wildman–Crippen LogP) is 0.0725. The maximum Gasteiger partial charge on any atom is 0.308 e. The highest BCUT2D eigenvalue weighted by molar-refractivity contribution is 5.70. The summed E-state index contributed by atoms with van der Waals surface area (Å²) in [5.41, 5.74) is 5.24. The number of methoxy groups -OCH3 is 1. The molecule has 0 fully saturated rings. The molecule has 4 nitrogen and oxygen atoms in total. The Hall–Kier alpha value is -0.610. The van der Waals surface area contributed by atoms with Crippen LogP contribution in [0.1, 0.15) is 12.8 Å². The van der Waals surface area contributed by atoms with Gasteiger partial charge < -0.3 is 15.6 Å². The lowest BCUT2D eigenvalue weighted by Gasteiger charge is -2.09. The zero-order valence-corrected chi connectivity index (χ0v) is 6.75. The number of carboxylic acid groups (broad SMARTS) is 1. The Morgan fingerprint density at radius 2 is 2.36 bits per heavy atom. The molecular formula is C7H15NO3. The number of ether oxygens (including phenoxy) is 1. The van der Waals surface area contributed by atoms with Crippen LogP contribution >= 0.6 is 0 Å². The molecule has 0 saturated heterocycles. The smallest absolute Gasteiger partial charge is 0.308 e. The van der Waals surface area contributed by atoms with Crippen molar-refractivity contribution >= 4 is 5.97 Å². The molecule has 11 heavy (non-hydrogen) atoms. The zero-order valence-electron chi connectivity index (χ0n) is 6.75. The summed E-state index contributed by atoms with van der Waals surface area (Å²) >= 11 is 0. The van der Waals surface area contributed by atoms with Gasteiger partial charge in [-0.05, 0) is 19.4 Å². The van der Waals surface area contributed by atoms with E-state index in [-0.39, 0.29) is 6.61 Å². The molecular weight excluding hydrogens is 146 g/mol. The van der Waals surface area contributed by atoms with E-state index in [4.69, 9.17) is 15.6 Å². The maximum atomic E-state index is 10.5. The van der Waals surface area contributed by atoms with Gasteiger partial charge in [0.2, 0.25) is 0 Å². The lowest BCUT2D eigenvalue weighted by Crippen LogP contribution is -2.20. The summed E-state index contributed by atoms with van der Waals surface area (Å²) in [6.07, 6.45) is 1.33. The number of hydrogen-bond donors (Lipinski definition) is 2. The van der Waals surface area contributed by atoms with Crippen LogP contribution in [0.2, 0.25) is 0 Å². The Morgan fingerprint density at radius 3 is 2.73 bits per heavy atom. The monoisotopic (exact) mass is 161 g/mol. The van der Waals surface area contributed by atoms with Gasteiger partial charge in [-0.3, -0.25) is 4.79 Å². The van der Waals surface area contributed by atoms with E-state index >= 15 is 0 Å². The fourth-order valence-corrected chi connectivity index (χ4v) is 0.844. The van der Waals surface area contributed by atoms with Gasteiger partial charge in [-0.2, -0.15) is 0 Å². The molecule has 1 unspecified atom stereocenters. The van der Waals surface area contributed by atoms with Gasteiger partial charge in [0.1, 0.15) is 0 Å². The van der Waals surface area contributed by atoms with E-state index in [1.54, 1.807) is 0 Å². The molecule has 0 saturated carbocycles. The molecule has 3 N–H and O–H groups in total. The third-order valence-electron chi connectivity index (χ3n) is 1.47. The molecule has 0 aliphatic carbocycles. The molecule has 66 valence electrons. The molecule has 0 heterocycles. The van der Waals surface area contributed by atoms with Crippen LogP contribution < -0.4 is 5.73 Å². The van der Waals surface area contributed by atoms with Crippen molar-refractivity contribution in [2.75, 3.05) is 20.3 Å². The molecule has 0 radical (unpaired) electrons. The van der Waals surface area contributed by atoms with Crippen molar-refractivity contribution in [3.8, 4) is 0 Å². The van der Waals surface area contributed by atoms with Crippen molar-refractivity contribution < 1.29 is 14.6 Å². The predicted molar refractivity (Wildman–Crippen MR) is 41.3 cm³/mol. The summed E-state index contributed by atoms with van der Waals surface area (Å²) in [4.78, 5) is 10.5. The largest absolute Gasteiger partial charge is 0.481 e. The highest BCUT2D eigenvalue weighted by Crippen LogP contribution is 2.05. The standard InChI is InChI=1S/C7H15NO3/c1-11-5-6(7(9)10)3-2-4-8/h6H,2-5,8H2,1H3,(H,9,10). The molecule has 0 aliphatic rings. The summed E-state index contributed by atoms with van der Waals surface area (Å²) in [7, 11) is 1.50. The minimum absolute atomic E-state index is 0.273. The van der Waals surface area contributed by atoms with Gasteiger partial charge in [-0.1, -0.05) is 0 Å². The maximum absolute atomic E-state index is 10.5. The number of nitrogens with two attached hydrogens (primary N) is 1. The van der Waals surface area contributed by atoms with E-state index < -0.39 is 11.9 Å². The van der Waals surface area contributed by atoms with Gasteiger partial charge in [0.25, 0.3) is 0 Å². The average molecular weight is 161 g/mol. The number of aliphatic carboxylic acids is 1. The second-order valence-electron chi connectivity index (χ2n) is 2.42. The van der Waals surface area contributed by atoms with Crippen molar-refractivity contribution in [1.82, 2.24) is 0 Å². The number of carbonyl (C=O) groups is 1. The molecule has 0 amide bonds. The van der Waals surface area contributed by atoms with Gasteiger partial charge >= 0.3 is 5.97 Å². The van der Waals surface area contributed by atoms with E-state index in [2.05, 4.69) is 0 Å². The normalized spacial score (nSPS) is 12.9. The highest BCUT2D eigenvalue weighted by Gasteiger charge is 2.15. The van der Waals surface area contributed by atoms with Crippen LogP contribution in [0.5, 0.6) is 0 Å². The number of rotatable bonds is 6. The summed E-state index contributed by atoms with van der Waals surface area (Å²) in [5.74, 6) is -1.20. The second-order valence-corrected chi connectivity index (χ2v) is 2.42. The van der Waals surface area contributed by atoms with Gasteiger partial charge in [0.15, 0.2) is 0 Å². The van der Waals surface area contributed by atoms with Crippen LogP contribution in [-0.2, 0) is 9.53 Å². The zero-order chi connectivity index (χ0) is 8.69. The lowest BCUT2D eigenvalue weighted by atomic mass is 10.1. The number of hydrogen-bond acceptors (Lipinski definition) is 3. The van der Waals surface area contributed by atoms with Crippen LogP contribution in [0.15, 0.2) is 0 Å². The van der Waals surface area contributed by atoms with E-state index in [0.29, 0.717) is 13.0 Å². The first kappa shape index (κ1) is 10.4. The minimum Gasteiger partial charge on any atom is -0.481 e. The summed E-state index contributed by atoms with van der Waals surface area (Å²) in [6, 6.07) is 0. The van der Waals surface area contributed by atoms with Crippen molar-refractivity contribution in [3.05, 3.63) is 0 Å². The fourth-order valence-electron chi connectivity index (χ4n) is 0.844. The molecule has 0 spiro atoms. The Kier molecular flexibility index (Phi) is 5.78. The average Bonchev–Trinajstić information content (AvgIpc) is 1.97. The lowest BCUT2D eigenvalue weighted by molar-refractivity contribution is -0.143. The molecule has 1 atom stereocenters. The first-order chi connectivity index (χ1) is 5.22. The molecule has 0 aromatic heterocycles. The van der Waals surface area contributed by atoms with E-state index in [1.165, 1.54) is 7.11 Å². The first-order valence-corrected chi connectivity index (χ1v) is 3.64. The first-order valence-electron chi connectivity index (χ1n) is 3.64. The van der Waals surface area contributed by atoms with Crippen molar-refractivity contribution in [2.45, 2.75) is 12.8 Å². The van der Waals surface area contributed by atoms with E-state index in [9.17, 15) is 4.79 Å². The van der Waals surface area contributed by atoms with Crippen LogP contribution in [0.3, 0.4) is 0 Å². The molecule has 0 bridgehead atoms. The quantitative estimate of drug-likeness (QED) is 0.578. The molecule has 4 heteroatoms. The molecule has 0 aromatic rings. The summed E-state index contributed by atoms with van der Waals surface area (Å²) < 4.78 is 4.74. The van der Waals surface area contributed by atoms with E-state index in [1.807, 2.05) is 0 Å². The van der Waals surface area contributed by atoms with Gasteiger partial charge in [-0.25, -0.2) is 0 Å². The van der Waals surface area contributed by atoms with Crippen molar-refractivity contribution in [1.29, 1.82) is 0 Å². The topological polar surface area (TPSA) is 72.5 Å². The molecule has 0 aliphatic heterocycles. The van der Waals surface area contributed by atoms with Crippen LogP contribution in [-0.4, -0.2) is 31.3 Å². The van der Waals surface area contributed by atoms with E-state index in [0.717, 1.165) is 6.42 Å². The Labute approximate surface area is 66.3 Å². The minimum atomic E-state index is -0.805. The third kappa shape index (κ3) is 4.75. The second kappa shape index (κ2) is 6.12. The SMILES string of the molecule is COCC(CCCN)C(=O)O. The Balaban J connectivity index is 3.60. The van der Waals surface area contributed by atoms with Crippen molar-refractivity contribution in [3.63, 3.8) is 0 Å². The Morgan fingerprint density at radius 1 is 1.73 bits per heavy atom. The summed E-state index contributed by atoms with van der Waals surface area (Å²) in [5, 5.41) is 8.61. The van der Waals surface area contributed by atoms with Crippen LogP contribution in [0.25, 0.3) is 0 Å². The van der Waals surface area contributed by atoms with Gasteiger partial charge in [0.05, 0.1) is 12.5 Å². The molecule has 0 rings (SSSR count). The van der Waals surface area contributed by atoms with Crippen LogP contribution in [0.4, 0.5) is 0 Å². The number of carboxylic acids is 1. The summed E-state index contributed by atoms with van der Waals surface area (Å²) in [6.45, 7) is 0.808. The fraction of sp³-hybridized carbons (Fsp3) is 0.857.